The van der Waals surface area contributed by atoms with Crippen LogP contribution in [-0.2, 0) is 40.4 Å². The van der Waals surface area contributed by atoms with Gasteiger partial charge in [-0.05, 0) is 35.4 Å². The number of hydrogen-bond donors (Lipinski definition) is 1. The predicted octanol–water partition coefficient (Wildman–Crippen LogP) is 7.18. The first-order valence-electron chi connectivity index (χ1n) is 16.0. The molecular weight excluding hydrogens is 645 g/mol. The van der Waals surface area contributed by atoms with Gasteiger partial charge in [0.15, 0.2) is 26.2 Å². The van der Waals surface area contributed by atoms with Crippen molar-refractivity contribution in [3.05, 3.63) is 94.0 Å². The molecule has 0 spiro atoms. The van der Waals surface area contributed by atoms with Crippen LogP contribution >= 0.6 is 0 Å². The molecule has 0 bridgehead atoms. The van der Waals surface area contributed by atoms with Crippen molar-refractivity contribution in [1.82, 2.24) is 0 Å². The third-order valence-electron chi connectivity index (χ3n) is 8.25. The molecule has 3 aromatic carbocycles. The van der Waals surface area contributed by atoms with Gasteiger partial charge in [-0.2, -0.15) is 13.2 Å². The fraction of sp³-hybridized carbons (Fsp3) is 0.514. The average Bonchev–Trinajstić information content (AvgIpc) is 3.05. The molecule has 0 amide bonds. The van der Waals surface area contributed by atoms with Gasteiger partial charge in [0.05, 0.1) is 32.8 Å². The number of aliphatic hydroxyl groups is 1. The fourth-order valence-corrected chi connectivity index (χ4v) is 5.81. The van der Waals surface area contributed by atoms with Crippen molar-refractivity contribution >= 4 is 0 Å². The third-order valence-corrected chi connectivity index (χ3v) is 8.25. The van der Waals surface area contributed by atoms with Crippen LogP contribution in [0.1, 0.15) is 73.7 Å². The van der Waals surface area contributed by atoms with Crippen LogP contribution in [0.15, 0.2) is 60.7 Å². The Labute approximate surface area is 285 Å². The molecule has 2 heterocycles. The van der Waals surface area contributed by atoms with Crippen molar-refractivity contribution in [2.75, 3.05) is 54.2 Å². The van der Waals surface area contributed by atoms with Gasteiger partial charge in [-0.3, -0.25) is 0 Å². The van der Waals surface area contributed by atoms with Crippen LogP contribution < -0.4 is 9.47 Å². The molecule has 0 radical (unpaired) electrons. The van der Waals surface area contributed by atoms with Gasteiger partial charge < -0.3 is 43.0 Å². The van der Waals surface area contributed by atoms with Crippen LogP contribution in [-0.4, -0.2) is 65.5 Å². The maximum Gasteiger partial charge on any atom is 0.393 e. The van der Waals surface area contributed by atoms with Gasteiger partial charge in [-0.25, -0.2) is 0 Å². The lowest BCUT2D eigenvalue weighted by Gasteiger charge is -2.37. The highest BCUT2D eigenvalue weighted by Gasteiger charge is 2.42. The molecule has 268 valence electrons. The van der Waals surface area contributed by atoms with Crippen molar-refractivity contribution in [3.63, 3.8) is 0 Å². The maximum absolute atomic E-state index is 13.7. The minimum absolute atomic E-state index is 0.0446. The van der Waals surface area contributed by atoms with Crippen LogP contribution in [0, 0.1) is 10.8 Å². The van der Waals surface area contributed by atoms with Crippen LogP contribution in [0.25, 0.3) is 0 Å². The van der Waals surface area contributed by atoms with E-state index < -0.39 is 30.8 Å². The number of methoxy groups -OCH3 is 2. The molecule has 0 saturated carbocycles. The summed E-state index contributed by atoms with van der Waals surface area (Å²) in [7, 11) is 2.91. The summed E-state index contributed by atoms with van der Waals surface area (Å²) in [5.41, 5.74) is -0.984. The van der Waals surface area contributed by atoms with Gasteiger partial charge in [0.1, 0.15) is 17.1 Å². The monoisotopic (exact) mass is 690 g/mol. The Morgan fingerprint density at radius 3 is 1.55 bits per heavy atom. The van der Waals surface area contributed by atoms with Gasteiger partial charge in [0, 0.05) is 47.3 Å². The summed E-state index contributed by atoms with van der Waals surface area (Å²) in [6, 6.07) is 15.9. The lowest BCUT2D eigenvalue weighted by molar-refractivity contribution is -0.226. The Hall–Kier alpha value is -3.23. The molecule has 2 saturated heterocycles. The molecule has 12 heteroatoms. The van der Waals surface area contributed by atoms with E-state index in [4.69, 9.17) is 37.9 Å². The quantitative estimate of drug-likeness (QED) is 0.157. The lowest BCUT2D eigenvalue weighted by Crippen LogP contribution is -2.35. The zero-order chi connectivity index (χ0) is 35.5. The normalized spacial score (nSPS) is 18.7. The van der Waals surface area contributed by atoms with E-state index in [1.807, 2.05) is 27.7 Å². The molecule has 0 aliphatic carbocycles. The highest BCUT2D eigenvalue weighted by Crippen LogP contribution is 2.48. The first kappa shape index (κ1) is 37.0. The molecule has 9 nitrogen and oxygen atoms in total. The van der Waals surface area contributed by atoms with E-state index in [1.54, 1.807) is 42.5 Å². The van der Waals surface area contributed by atoms with E-state index in [0.717, 1.165) is 0 Å². The summed E-state index contributed by atoms with van der Waals surface area (Å²) in [6.07, 6.45) is -7.22. The Morgan fingerprint density at radius 1 is 0.694 bits per heavy atom. The maximum atomic E-state index is 13.7. The van der Waals surface area contributed by atoms with Gasteiger partial charge >= 0.3 is 6.18 Å². The number of rotatable bonds is 12. The van der Waals surface area contributed by atoms with E-state index >= 15 is 0 Å². The van der Waals surface area contributed by atoms with Crippen molar-refractivity contribution in [2.45, 2.75) is 58.5 Å². The van der Waals surface area contributed by atoms with E-state index in [2.05, 4.69) is 0 Å². The third kappa shape index (κ3) is 8.93. The average molecular weight is 691 g/mol. The minimum atomic E-state index is -4.48. The molecule has 2 fully saturated rings. The van der Waals surface area contributed by atoms with Crippen LogP contribution in [0.4, 0.5) is 13.2 Å². The van der Waals surface area contributed by atoms with Gasteiger partial charge in [-0.15, -0.1) is 0 Å². The zero-order valence-corrected chi connectivity index (χ0v) is 28.7. The van der Waals surface area contributed by atoms with Crippen molar-refractivity contribution < 1.29 is 56.2 Å². The number of benzene rings is 3. The van der Waals surface area contributed by atoms with Crippen molar-refractivity contribution in [3.8, 4) is 11.5 Å². The van der Waals surface area contributed by atoms with Crippen LogP contribution in [0.5, 0.6) is 11.5 Å². The molecule has 1 N–H and O–H groups in total. The van der Waals surface area contributed by atoms with Crippen LogP contribution in [0.3, 0.4) is 0 Å². The standard InChI is InChI=1S/C37H45F3O9/c1-34(2)18-44-32(45-19-34)25-10-12-30(48-22-42-5)28(15-25)37(41,27-9-7-8-24(14-27)17-36(38,39)40)29-16-26(11-13-31(29)49-23-43-6)33-46-20-35(3,4)21-47-33/h7-16,32-33,41H,17-23H2,1-6H3. The largest absolute Gasteiger partial charge is 0.467 e. The van der Waals surface area contributed by atoms with Gasteiger partial charge in [0.2, 0.25) is 0 Å². The van der Waals surface area contributed by atoms with E-state index in [1.165, 1.54) is 32.4 Å². The number of hydrogen-bond acceptors (Lipinski definition) is 9. The Kier molecular flexibility index (Phi) is 11.3. The van der Waals surface area contributed by atoms with Gasteiger partial charge in [-0.1, -0.05) is 64.1 Å². The lowest BCUT2D eigenvalue weighted by atomic mass is 9.77. The summed E-state index contributed by atoms with van der Waals surface area (Å²) in [4.78, 5) is 0. The number of halogens is 3. The van der Waals surface area contributed by atoms with Crippen molar-refractivity contribution in [2.24, 2.45) is 10.8 Å². The first-order chi connectivity index (χ1) is 23.1. The number of alkyl halides is 3. The smallest absolute Gasteiger partial charge is 0.393 e. The van der Waals surface area contributed by atoms with E-state index in [0.29, 0.717) is 37.6 Å². The molecule has 2 aliphatic heterocycles. The van der Waals surface area contributed by atoms with Gasteiger partial charge in [0.25, 0.3) is 0 Å². The zero-order valence-electron chi connectivity index (χ0n) is 28.7. The number of ether oxygens (including phenoxy) is 8. The molecule has 0 unspecified atom stereocenters. The Morgan fingerprint density at radius 2 is 1.14 bits per heavy atom. The first-order valence-corrected chi connectivity index (χ1v) is 16.0. The molecule has 49 heavy (non-hydrogen) atoms. The van der Waals surface area contributed by atoms with Crippen molar-refractivity contribution in [1.29, 1.82) is 0 Å². The highest BCUT2D eigenvalue weighted by atomic mass is 19.4. The Bertz CT molecular complexity index is 1470. The van der Waals surface area contributed by atoms with Crippen LogP contribution in [0.2, 0.25) is 0 Å². The SMILES string of the molecule is COCOc1ccc(C2OCC(C)(C)CO2)cc1C(O)(c1cccc(CC(F)(F)F)c1)c1cc(C2OCC(C)(C)CO2)ccc1OCOC. The summed E-state index contributed by atoms with van der Waals surface area (Å²) >= 11 is 0. The summed E-state index contributed by atoms with van der Waals surface area (Å²) in [6.45, 7) is 9.46. The molecule has 3 aromatic rings. The molecule has 5 rings (SSSR count). The Balaban J connectivity index is 1.75. The fourth-order valence-electron chi connectivity index (χ4n) is 5.81. The second-order valence-electron chi connectivity index (χ2n) is 14.1. The summed E-state index contributed by atoms with van der Waals surface area (Å²) in [5, 5.41) is 13.3. The van der Waals surface area contributed by atoms with E-state index in [9.17, 15) is 18.3 Å². The predicted molar refractivity (Wildman–Crippen MR) is 173 cm³/mol. The summed E-state index contributed by atoms with van der Waals surface area (Å²) in [5.74, 6) is 0.418. The minimum Gasteiger partial charge on any atom is -0.467 e. The molecule has 2 aliphatic rings. The second-order valence-corrected chi connectivity index (χ2v) is 14.1. The highest BCUT2D eigenvalue weighted by molar-refractivity contribution is 5.58. The topological polar surface area (TPSA) is 94.1 Å². The van der Waals surface area contributed by atoms with E-state index in [-0.39, 0.29) is 58.2 Å². The molecular formula is C37H45F3O9. The second kappa shape index (κ2) is 14.9. The molecule has 0 aromatic heterocycles. The summed E-state index contributed by atoms with van der Waals surface area (Å²) < 4.78 is 87.7. The molecule has 0 atom stereocenters.